The quantitative estimate of drug-likeness (QED) is 0.420. The number of aromatic nitrogens is 1. The molecule has 0 aliphatic rings. The van der Waals surface area contributed by atoms with E-state index in [2.05, 4.69) is 10.3 Å². The Hall–Kier alpha value is -2.13. The van der Waals surface area contributed by atoms with Gasteiger partial charge in [0.1, 0.15) is 0 Å². The summed E-state index contributed by atoms with van der Waals surface area (Å²) >= 11 is 23.2. The third-order valence-corrected chi connectivity index (χ3v) is 4.44. The first-order valence-corrected chi connectivity index (χ1v) is 8.12. The Morgan fingerprint density at radius 3 is 2.46 bits per heavy atom. The number of esters is 1. The van der Waals surface area contributed by atoms with Crippen molar-refractivity contribution in [3.05, 3.63) is 60.3 Å². The number of pyridine rings is 1. The third-order valence-electron chi connectivity index (χ3n) is 2.88. The van der Waals surface area contributed by atoms with Crippen LogP contribution in [0, 0.1) is 10.1 Å². The predicted octanol–water partition coefficient (Wildman–Crippen LogP) is 4.40. The van der Waals surface area contributed by atoms with Gasteiger partial charge in [-0.2, -0.15) is 0 Å². The first kappa shape index (κ1) is 20.2. The lowest BCUT2D eigenvalue weighted by Crippen LogP contribution is -2.21. The summed E-state index contributed by atoms with van der Waals surface area (Å²) < 4.78 is 4.79. The molecule has 1 amide bonds. The molecule has 0 radical (unpaired) electrons. The zero-order chi connectivity index (χ0) is 19.4. The number of carbonyl (C=O) groups is 2. The smallest absolute Gasteiger partial charge is 0.359 e. The molecule has 0 atom stereocenters. The number of halogens is 4. The monoisotopic (exact) mass is 437 g/mol. The number of hydrogen-bond acceptors (Lipinski definition) is 6. The number of ether oxygens (including phenoxy) is 1. The van der Waals surface area contributed by atoms with Crippen molar-refractivity contribution in [1.82, 2.24) is 4.98 Å². The molecule has 12 heteroatoms. The lowest BCUT2D eigenvalue weighted by Gasteiger charge is -2.09. The van der Waals surface area contributed by atoms with E-state index in [-0.39, 0.29) is 37.2 Å². The number of nitro groups is 1. The molecule has 26 heavy (non-hydrogen) atoms. The van der Waals surface area contributed by atoms with Crippen LogP contribution in [0.1, 0.15) is 10.5 Å². The minimum Gasteiger partial charge on any atom is -0.451 e. The molecule has 0 saturated carbocycles. The normalized spacial score (nSPS) is 10.3. The van der Waals surface area contributed by atoms with Crippen LogP contribution in [0.25, 0.3) is 0 Å². The minimum atomic E-state index is -0.987. The molecule has 1 aromatic heterocycles. The number of non-ortho nitro benzene ring substituents is 1. The molecule has 1 aromatic carbocycles. The number of benzene rings is 1. The van der Waals surface area contributed by atoms with Crippen molar-refractivity contribution in [2.45, 2.75) is 0 Å². The van der Waals surface area contributed by atoms with Gasteiger partial charge >= 0.3 is 5.97 Å². The summed E-state index contributed by atoms with van der Waals surface area (Å²) in [5.41, 5.74) is -0.425. The van der Waals surface area contributed by atoms with Crippen molar-refractivity contribution in [2.75, 3.05) is 11.9 Å². The molecule has 1 N–H and O–H groups in total. The van der Waals surface area contributed by atoms with E-state index in [0.29, 0.717) is 0 Å². The Balaban J connectivity index is 2.00. The summed E-state index contributed by atoms with van der Waals surface area (Å²) in [6.07, 6.45) is 1.11. The largest absolute Gasteiger partial charge is 0.451 e. The summed E-state index contributed by atoms with van der Waals surface area (Å²) in [4.78, 5) is 37.5. The van der Waals surface area contributed by atoms with Crippen molar-refractivity contribution >= 4 is 69.7 Å². The highest BCUT2D eigenvalue weighted by molar-refractivity contribution is 6.48. The van der Waals surface area contributed by atoms with Gasteiger partial charge in [0.2, 0.25) is 0 Å². The molecule has 0 aliphatic carbocycles. The van der Waals surface area contributed by atoms with Gasteiger partial charge in [0.05, 0.1) is 30.7 Å². The molecule has 0 bridgehead atoms. The van der Waals surface area contributed by atoms with Crippen molar-refractivity contribution in [3.63, 3.8) is 0 Å². The predicted molar refractivity (Wildman–Crippen MR) is 96.3 cm³/mol. The van der Waals surface area contributed by atoms with Gasteiger partial charge in [-0.15, -0.1) is 0 Å². The van der Waals surface area contributed by atoms with Crippen LogP contribution in [0.2, 0.25) is 20.1 Å². The van der Waals surface area contributed by atoms with Gasteiger partial charge in [0.15, 0.2) is 12.3 Å². The van der Waals surface area contributed by atoms with Gasteiger partial charge in [-0.1, -0.05) is 46.4 Å². The van der Waals surface area contributed by atoms with Crippen LogP contribution >= 0.6 is 46.4 Å². The maximum atomic E-state index is 11.9. The fraction of sp³-hybridized carbons (Fsp3) is 0.0714. The van der Waals surface area contributed by atoms with Crippen LogP contribution in [0.5, 0.6) is 0 Å². The lowest BCUT2D eigenvalue weighted by atomic mass is 10.3. The van der Waals surface area contributed by atoms with Crippen molar-refractivity contribution < 1.29 is 19.2 Å². The molecule has 1 heterocycles. The van der Waals surface area contributed by atoms with E-state index in [9.17, 15) is 19.7 Å². The van der Waals surface area contributed by atoms with Gasteiger partial charge in [-0.3, -0.25) is 14.9 Å². The zero-order valence-electron chi connectivity index (χ0n) is 12.5. The highest BCUT2D eigenvalue weighted by Crippen LogP contribution is 2.31. The second kappa shape index (κ2) is 8.50. The number of carbonyl (C=O) groups excluding carboxylic acids is 2. The van der Waals surface area contributed by atoms with E-state index in [4.69, 9.17) is 51.1 Å². The van der Waals surface area contributed by atoms with Crippen LogP contribution in [-0.2, 0) is 9.53 Å². The first-order chi connectivity index (χ1) is 12.2. The summed E-state index contributed by atoms with van der Waals surface area (Å²) in [7, 11) is 0. The van der Waals surface area contributed by atoms with Crippen LogP contribution in [0.4, 0.5) is 11.4 Å². The van der Waals surface area contributed by atoms with Crippen molar-refractivity contribution in [1.29, 1.82) is 0 Å². The van der Waals surface area contributed by atoms with Crippen LogP contribution < -0.4 is 5.32 Å². The molecule has 136 valence electrons. The molecule has 0 spiro atoms. The molecule has 0 fully saturated rings. The van der Waals surface area contributed by atoms with E-state index in [0.717, 1.165) is 18.3 Å². The fourth-order valence-corrected chi connectivity index (χ4v) is 2.47. The average molecular weight is 439 g/mol. The van der Waals surface area contributed by atoms with E-state index in [1.807, 2.05) is 0 Å². The summed E-state index contributed by atoms with van der Waals surface area (Å²) in [6.45, 7) is -0.676. The molecule has 0 unspecified atom stereocenters. The zero-order valence-corrected chi connectivity index (χ0v) is 15.5. The average Bonchev–Trinajstić information content (AvgIpc) is 2.59. The van der Waals surface area contributed by atoms with E-state index < -0.39 is 23.4 Å². The number of nitro benzene ring substituents is 1. The van der Waals surface area contributed by atoms with E-state index in [1.54, 1.807) is 0 Å². The number of rotatable bonds is 5. The van der Waals surface area contributed by atoms with Gasteiger partial charge in [-0.05, 0) is 6.07 Å². The Bertz CT molecular complexity index is 906. The topological polar surface area (TPSA) is 111 Å². The van der Waals surface area contributed by atoms with Crippen molar-refractivity contribution in [3.8, 4) is 0 Å². The van der Waals surface area contributed by atoms with Crippen LogP contribution in [0.3, 0.4) is 0 Å². The maximum absolute atomic E-state index is 11.9. The van der Waals surface area contributed by atoms with Gasteiger partial charge in [-0.25, -0.2) is 9.78 Å². The van der Waals surface area contributed by atoms with Crippen LogP contribution in [0.15, 0.2) is 24.4 Å². The van der Waals surface area contributed by atoms with E-state index in [1.165, 1.54) is 6.07 Å². The van der Waals surface area contributed by atoms with E-state index >= 15 is 0 Å². The molecule has 8 nitrogen and oxygen atoms in total. The summed E-state index contributed by atoms with van der Waals surface area (Å²) in [5, 5.41) is 12.7. The molecule has 2 aromatic rings. The second-order valence-electron chi connectivity index (χ2n) is 4.63. The van der Waals surface area contributed by atoms with Crippen LogP contribution in [-0.4, -0.2) is 28.4 Å². The molecular weight excluding hydrogens is 432 g/mol. The number of nitrogens with one attached hydrogen (secondary N) is 1. The molecular formula is C14H7Cl4N3O5. The Morgan fingerprint density at radius 2 is 1.85 bits per heavy atom. The first-order valence-electron chi connectivity index (χ1n) is 6.61. The number of nitrogens with zero attached hydrogens (tertiary/aromatic N) is 2. The minimum absolute atomic E-state index is 0.0481. The Labute approximate surface area is 166 Å². The van der Waals surface area contributed by atoms with Crippen molar-refractivity contribution in [2.24, 2.45) is 0 Å². The SMILES string of the molecule is O=C(COC(=O)c1ncc(Cl)c(Cl)c1Cl)Nc1ccc([N+](=O)[O-])cc1Cl. The highest BCUT2D eigenvalue weighted by atomic mass is 35.5. The Morgan fingerprint density at radius 1 is 1.15 bits per heavy atom. The summed E-state index contributed by atoms with van der Waals surface area (Å²) in [6, 6.07) is 3.48. The number of hydrogen-bond donors (Lipinski definition) is 1. The van der Waals surface area contributed by atoms with Gasteiger partial charge < -0.3 is 10.1 Å². The Kier molecular flexibility index (Phi) is 6.60. The molecule has 0 aliphatic heterocycles. The van der Waals surface area contributed by atoms with Gasteiger partial charge in [0.25, 0.3) is 11.6 Å². The second-order valence-corrected chi connectivity index (χ2v) is 6.20. The fourth-order valence-electron chi connectivity index (χ4n) is 1.69. The number of anilines is 1. The maximum Gasteiger partial charge on any atom is 0.359 e. The summed E-state index contributed by atoms with van der Waals surface area (Å²) in [5.74, 6) is -1.72. The molecule has 0 saturated heterocycles. The van der Waals surface area contributed by atoms with Gasteiger partial charge in [0, 0.05) is 18.3 Å². The molecule has 2 rings (SSSR count). The lowest BCUT2D eigenvalue weighted by molar-refractivity contribution is -0.384. The number of amides is 1. The third kappa shape index (κ3) is 4.73. The highest BCUT2D eigenvalue weighted by Gasteiger charge is 2.20. The standard InChI is InChI=1S/C14H7Cl4N3O5/c15-7-3-6(21(24)25)1-2-9(7)20-10(22)5-26-14(23)13-12(18)11(17)8(16)4-19-13/h1-4H,5H2,(H,20,22).